The number of nitrogens with one attached hydrogen (secondary N) is 1. The van der Waals surface area contributed by atoms with Crippen LogP contribution in [-0.2, 0) is 9.47 Å². The summed E-state index contributed by atoms with van der Waals surface area (Å²) in [6, 6.07) is 4.39. The van der Waals surface area contributed by atoms with Gasteiger partial charge >= 0.3 is 5.97 Å². The molecule has 2 heterocycles. The summed E-state index contributed by atoms with van der Waals surface area (Å²) in [6.45, 7) is 4.12. The fourth-order valence-corrected chi connectivity index (χ4v) is 3.96. The minimum atomic E-state index is -0.459. The molecular formula is C19H23FN2O3S. The minimum absolute atomic E-state index is 0.0209. The van der Waals surface area contributed by atoms with Crippen molar-refractivity contribution in [3.05, 3.63) is 35.8 Å². The summed E-state index contributed by atoms with van der Waals surface area (Å²) in [5.74, 6) is -0.826. The summed E-state index contributed by atoms with van der Waals surface area (Å²) in [5.41, 5.74) is 1.54. The predicted molar refractivity (Wildman–Crippen MR) is 102 cm³/mol. The molecule has 1 N–H and O–H groups in total. The maximum Gasteiger partial charge on any atom is 0.341 e. The average molecular weight is 378 g/mol. The molecule has 140 valence electrons. The highest BCUT2D eigenvalue weighted by Gasteiger charge is 2.32. The Kier molecular flexibility index (Phi) is 5.98. The van der Waals surface area contributed by atoms with Gasteiger partial charge in [-0.05, 0) is 44.2 Å². The van der Waals surface area contributed by atoms with Gasteiger partial charge in [0.2, 0.25) is 0 Å². The normalized spacial score (nSPS) is 16.4. The van der Waals surface area contributed by atoms with E-state index >= 15 is 0 Å². The van der Waals surface area contributed by atoms with Crippen molar-refractivity contribution in [2.45, 2.75) is 24.5 Å². The molecule has 1 saturated heterocycles. The summed E-state index contributed by atoms with van der Waals surface area (Å²) in [7, 11) is 0. The Balaban J connectivity index is 1.99. The number of hydrogen-bond acceptors (Lipinski definition) is 6. The highest BCUT2D eigenvalue weighted by atomic mass is 32.2. The number of nitrogens with zero attached hydrogens (tertiary/aromatic N) is 1. The summed E-state index contributed by atoms with van der Waals surface area (Å²) in [6.07, 6.45) is 5.43. The largest absolute Gasteiger partial charge is 0.462 e. The number of carbonyl (C=O) groups is 1. The first kappa shape index (κ1) is 18.9. The molecule has 0 radical (unpaired) electrons. The molecule has 1 fully saturated rings. The quantitative estimate of drug-likeness (QED) is 0.770. The van der Waals surface area contributed by atoms with E-state index in [-0.39, 0.29) is 17.2 Å². The lowest BCUT2D eigenvalue weighted by molar-refractivity contribution is 0.0527. The Morgan fingerprint density at radius 3 is 2.88 bits per heavy atom. The van der Waals surface area contributed by atoms with Gasteiger partial charge in [-0.3, -0.25) is 4.98 Å². The van der Waals surface area contributed by atoms with Crippen molar-refractivity contribution in [3.63, 3.8) is 0 Å². The molecule has 3 rings (SSSR count). The molecule has 0 saturated carbocycles. The van der Waals surface area contributed by atoms with E-state index in [1.165, 1.54) is 18.3 Å². The van der Waals surface area contributed by atoms with Crippen molar-refractivity contribution < 1.29 is 18.7 Å². The smallest absolute Gasteiger partial charge is 0.341 e. The Bertz CT molecular complexity index is 794. The zero-order valence-corrected chi connectivity index (χ0v) is 15.8. The number of benzene rings is 1. The maximum absolute atomic E-state index is 13.8. The molecule has 1 aromatic carbocycles. The minimum Gasteiger partial charge on any atom is -0.462 e. The molecule has 2 aromatic rings. The number of anilines is 1. The number of rotatable bonds is 6. The van der Waals surface area contributed by atoms with Gasteiger partial charge in [0, 0.05) is 36.1 Å². The molecule has 7 heteroatoms. The molecule has 5 nitrogen and oxygen atoms in total. The van der Waals surface area contributed by atoms with Gasteiger partial charge in [-0.15, -0.1) is 0 Å². The Hall–Kier alpha value is -1.86. The van der Waals surface area contributed by atoms with Gasteiger partial charge in [0.05, 0.1) is 17.8 Å². The highest BCUT2D eigenvalue weighted by Crippen LogP contribution is 2.35. The summed E-state index contributed by atoms with van der Waals surface area (Å²) in [5, 5.41) is 3.98. The van der Waals surface area contributed by atoms with Gasteiger partial charge in [-0.25, -0.2) is 9.18 Å². The third-order valence-electron chi connectivity index (χ3n) is 4.75. The molecule has 0 atom stereocenters. The number of pyridine rings is 1. The van der Waals surface area contributed by atoms with E-state index in [2.05, 4.69) is 16.6 Å². The van der Waals surface area contributed by atoms with Crippen molar-refractivity contribution in [2.24, 2.45) is 0 Å². The maximum atomic E-state index is 13.8. The van der Waals surface area contributed by atoms with E-state index in [4.69, 9.17) is 9.47 Å². The second kappa shape index (κ2) is 8.22. The molecule has 0 amide bonds. The van der Waals surface area contributed by atoms with Crippen LogP contribution in [0.3, 0.4) is 0 Å². The van der Waals surface area contributed by atoms with Crippen LogP contribution < -0.4 is 5.32 Å². The van der Waals surface area contributed by atoms with Crippen LogP contribution in [0.25, 0.3) is 10.9 Å². The van der Waals surface area contributed by atoms with Crippen molar-refractivity contribution >= 4 is 34.3 Å². The summed E-state index contributed by atoms with van der Waals surface area (Å²) < 4.78 is 24.5. The Morgan fingerprint density at radius 2 is 2.19 bits per heavy atom. The summed E-state index contributed by atoms with van der Waals surface area (Å²) >= 11 is 1.80. The fourth-order valence-electron chi connectivity index (χ4n) is 3.16. The lowest BCUT2D eigenvalue weighted by Crippen LogP contribution is -2.39. The standard InChI is InChI=1S/C19H23FN2O3S/c1-3-25-18(23)15-11-21-16-5-4-13(20)10-14(16)17(15)22-12-19(26-2)6-8-24-9-7-19/h4-5,10-11H,3,6-9,12H2,1-2H3,(H,21,22). The topological polar surface area (TPSA) is 60.5 Å². The first-order chi connectivity index (χ1) is 12.6. The van der Waals surface area contributed by atoms with Crippen molar-refractivity contribution in [1.82, 2.24) is 4.98 Å². The van der Waals surface area contributed by atoms with E-state index in [1.54, 1.807) is 24.8 Å². The zero-order valence-electron chi connectivity index (χ0n) is 15.0. The zero-order chi connectivity index (χ0) is 18.6. The Morgan fingerprint density at radius 1 is 1.42 bits per heavy atom. The van der Waals surface area contributed by atoms with Crippen LogP contribution in [0.2, 0.25) is 0 Å². The molecule has 0 unspecified atom stereocenters. The van der Waals surface area contributed by atoms with Gasteiger partial charge in [0.25, 0.3) is 0 Å². The molecule has 0 bridgehead atoms. The lowest BCUT2D eigenvalue weighted by atomic mass is 9.98. The average Bonchev–Trinajstić information content (AvgIpc) is 2.67. The van der Waals surface area contributed by atoms with Crippen LogP contribution >= 0.6 is 11.8 Å². The van der Waals surface area contributed by atoms with Gasteiger partial charge in [0.1, 0.15) is 11.4 Å². The molecule has 1 aromatic heterocycles. The Labute approximate surface area is 156 Å². The van der Waals surface area contributed by atoms with E-state index in [1.807, 2.05) is 0 Å². The van der Waals surface area contributed by atoms with Crippen LogP contribution in [0.4, 0.5) is 10.1 Å². The number of aromatic nitrogens is 1. The first-order valence-corrected chi connectivity index (χ1v) is 9.93. The van der Waals surface area contributed by atoms with Crippen LogP contribution in [0.1, 0.15) is 30.1 Å². The van der Waals surface area contributed by atoms with Crippen molar-refractivity contribution in [3.8, 4) is 0 Å². The summed E-state index contributed by atoms with van der Waals surface area (Å²) in [4.78, 5) is 16.7. The third kappa shape index (κ3) is 3.94. The molecule has 1 aliphatic rings. The van der Waals surface area contributed by atoms with Crippen LogP contribution in [-0.4, -0.2) is 48.3 Å². The molecular weight excluding hydrogens is 355 g/mol. The van der Waals surface area contributed by atoms with Gasteiger partial charge in [0.15, 0.2) is 0 Å². The number of thioether (sulfide) groups is 1. The van der Waals surface area contributed by atoms with Crippen molar-refractivity contribution in [2.75, 3.05) is 37.9 Å². The van der Waals surface area contributed by atoms with E-state index in [0.717, 1.165) is 26.1 Å². The van der Waals surface area contributed by atoms with Crippen LogP contribution in [0.15, 0.2) is 24.4 Å². The second-order valence-corrected chi connectivity index (χ2v) is 7.56. The number of fused-ring (bicyclic) bond motifs is 1. The molecule has 0 spiro atoms. The third-order valence-corrected chi connectivity index (χ3v) is 6.17. The number of carbonyl (C=O) groups excluding carboxylic acids is 1. The van der Waals surface area contributed by atoms with Gasteiger partial charge in [-0.1, -0.05) is 0 Å². The first-order valence-electron chi connectivity index (χ1n) is 8.71. The lowest BCUT2D eigenvalue weighted by Gasteiger charge is -2.36. The van der Waals surface area contributed by atoms with Gasteiger partial charge in [-0.2, -0.15) is 11.8 Å². The highest BCUT2D eigenvalue weighted by molar-refractivity contribution is 8.00. The molecule has 26 heavy (non-hydrogen) atoms. The van der Waals surface area contributed by atoms with E-state index < -0.39 is 5.97 Å². The number of ether oxygens (including phenoxy) is 2. The number of esters is 1. The van der Waals surface area contributed by atoms with E-state index in [0.29, 0.717) is 28.7 Å². The molecule has 1 aliphatic heterocycles. The monoisotopic (exact) mass is 378 g/mol. The van der Waals surface area contributed by atoms with Crippen molar-refractivity contribution in [1.29, 1.82) is 0 Å². The fraction of sp³-hybridized carbons (Fsp3) is 0.474. The van der Waals surface area contributed by atoms with E-state index in [9.17, 15) is 9.18 Å². The second-order valence-electron chi connectivity index (χ2n) is 6.28. The van der Waals surface area contributed by atoms with Crippen LogP contribution in [0.5, 0.6) is 0 Å². The predicted octanol–water partition coefficient (Wildman–Crippen LogP) is 3.87. The number of halogens is 1. The van der Waals surface area contributed by atoms with Gasteiger partial charge < -0.3 is 14.8 Å². The van der Waals surface area contributed by atoms with Crippen LogP contribution in [0, 0.1) is 5.82 Å². The molecule has 0 aliphatic carbocycles. The number of hydrogen-bond donors (Lipinski definition) is 1. The SMILES string of the molecule is CCOC(=O)c1cnc2ccc(F)cc2c1NCC1(SC)CCOCC1.